The fourth-order valence-corrected chi connectivity index (χ4v) is 2.14. The molecule has 0 atom stereocenters. The molecule has 0 bridgehead atoms. The van der Waals surface area contributed by atoms with Gasteiger partial charge < -0.3 is 9.80 Å². The number of hydrogen-bond donors (Lipinski definition) is 0. The molecule has 0 spiro atoms. The zero-order valence-corrected chi connectivity index (χ0v) is 12.7. The highest BCUT2D eigenvalue weighted by atomic mass is 79.9. The topological polar surface area (TPSA) is 49.3 Å². The summed E-state index contributed by atoms with van der Waals surface area (Å²) in [5.74, 6) is 0.814. The number of hydrogen-bond acceptors (Lipinski definition) is 4. The molecule has 1 saturated heterocycles. The predicted octanol–water partition coefficient (Wildman–Crippen LogP) is 1.85. The van der Waals surface area contributed by atoms with E-state index in [0.29, 0.717) is 13.1 Å². The molecule has 0 unspecified atom stereocenters. The molecular formula is C13H17BrN4O. The second-order valence-corrected chi connectivity index (χ2v) is 5.65. The smallest absolute Gasteiger partial charge is 0.246 e. The van der Waals surface area contributed by atoms with Gasteiger partial charge in [0.2, 0.25) is 11.9 Å². The summed E-state index contributed by atoms with van der Waals surface area (Å²) < 4.78 is 0.869. The van der Waals surface area contributed by atoms with Crippen LogP contribution in [0.15, 0.2) is 28.5 Å². The van der Waals surface area contributed by atoms with Crippen LogP contribution in [-0.2, 0) is 4.79 Å². The highest BCUT2D eigenvalue weighted by molar-refractivity contribution is 9.10. The molecule has 102 valence electrons. The minimum Gasteiger partial charge on any atom is -0.337 e. The van der Waals surface area contributed by atoms with E-state index in [9.17, 15) is 4.79 Å². The first kappa shape index (κ1) is 14.0. The Labute approximate surface area is 121 Å². The molecule has 0 radical (unpaired) electrons. The van der Waals surface area contributed by atoms with Crippen molar-refractivity contribution in [2.45, 2.75) is 13.8 Å². The average Bonchev–Trinajstić information content (AvgIpc) is 2.39. The zero-order valence-electron chi connectivity index (χ0n) is 11.1. The normalized spacial score (nSPS) is 15.3. The number of aromatic nitrogens is 2. The summed E-state index contributed by atoms with van der Waals surface area (Å²) >= 11 is 3.32. The van der Waals surface area contributed by atoms with Gasteiger partial charge in [-0.25, -0.2) is 9.97 Å². The van der Waals surface area contributed by atoms with Gasteiger partial charge in [-0.2, -0.15) is 0 Å². The fraction of sp³-hybridized carbons (Fsp3) is 0.462. The van der Waals surface area contributed by atoms with Crippen LogP contribution in [0.25, 0.3) is 0 Å². The van der Waals surface area contributed by atoms with E-state index in [-0.39, 0.29) is 5.91 Å². The Morgan fingerprint density at radius 3 is 2.32 bits per heavy atom. The number of carbonyl (C=O) groups excluding carboxylic acids is 1. The molecule has 1 aliphatic rings. The Balaban J connectivity index is 1.94. The second-order valence-electron chi connectivity index (χ2n) is 4.74. The summed E-state index contributed by atoms with van der Waals surface area (Å²) in [6, 6.07) is 0. The number of halogens is 1. The Hall–Kier alpha value is -1.43. The van der Waals surface area contributed by atoms with Crippen LogP contribution in [0.3, 0.4) is 0 Å². The molecule has 1 aromatic heterocycles. The monoisotopic (exact) mass is 324 g/mol. The molecule has 2 heterocycles. The van der Waals surface area contributed by atoms with E-state index in [4.69, 9.17) is 0 Å². The van der Waals surface area contributed by atoms with Crippen molar-refractivity contribution in [2.24, 2.45) is 0 Å². The van der Waals surface area contributed by atoms with Crippen LogP contribution in [-0.4, -0.2) is 47.0 Å². The maximum atomic E-state index is 11.9. The standard InChI is InChI=1S/C13H17BrN4O/c1-10(2)7-12(19)17-3-5-18(6-4-17)13-15-8-11(14)9-16-13/h7-9H,3-6H2,1-2H3. The largest absolute Gasteiger partial charge is 0.337 e. The molecule has 1 fully saturated rings. The lowest BCUT2D eigenvalue weighted by molar-refractivity contribution is -0.126. The lowest BCUT2D eigenvalue weighted by Crippen LogP contribution is -2.48. The van der Waals surface area contributed by atoms with Crippen LogP contribution in [0.1, 0.15) is 13.8 Å². The van der Waals surface area contributed by atoms with Gasteiger partial charge in [0.1, 0.15) is 0 Å². The highest BCUT2D eigenvalue weighted by Gasteiger charge is 2.21. The van der Waals surface area contributed by atoms with Crippen molar-refractivity contribution in [3.8, 4) is 0 Å². The number of piperazine rings is 1. The number of carbonyl (C=O) groups is 1. The van der Waals surface area contributed by atoms with E-state index < -0.39 is 0 Å². The van der Waals surface area contributed by atoms with E-state index in [1.807, 2.05) is 18.7 Å². The van der Waals surface area contributed by atoms with Gasteiger partial charge in [0.05, 0.1) is 4.47 Å². The molecule has 0 aromatic carbocycles. The third-order valence-electron chi connectivity index (χ3n) is 2.89. The first-order valence-electron chi connectivity index (χ1n) is 6.22. The number of nitrogens with zero attached hydrogens (tertiary/aromatic N) is 4. The Kier molecular flexibility index (Phi) is 4.52. The molecule has 1 aliphatic heterocycles. The molecule has 0 N–H and O–H groups in total. The van der Waals surface area contributed by atoms with Crippen molar-refractivity contribution in [1.82, 2.24) is 14.9 Å². The molecule has 2 rings (SSSR count). The zero-order chi connectivity index (χ0) is 13.8. The third-order valence-corrected chi connectivity index (χ3v) is 3.30. The molecule has 5 nitrogen and oxygen atoms in total. The number of anilines is 1. The quantitative estimate of drug-likeness (QED) is 0.779. The van der Waals surface area contributed by atoms with Crippen LogP contribution in [0.5, 0.6) is 0 Å². The summed E-state index contributed by atoms with van der Waals surface area (Å²) in [6.45, 7) is 6.83. The van der Waals surface area contributed by atoms with Crippen LogP contribution in [0, 0.1) is 0 Å². The van der Waals surface area contributed by atoms with Crippen LogP contribution < -0.4 is 4.90 Å². The maximum Gasteiger partial charge on any atom is 0.246 e. The van der Waals surface area contributed by atoms with E-state index >= 15 is 0 Å². The van der Waals surface area contributed by atoms with Crippen molar-refractivity contribution in [3.05, 3.63) is 28.5 Å². The maximum absolute atomic E-state index is 11.9. The van der Waals surface area contributed by atoms with Crippen molar-refractivity contribution >= 4 is 27.8 Å². The number of allylic oxidation sites excluding steroid dienone is 1. The molecule has 6 heteroatoms. The van der Waals surface area contributed by atoms with E-state index in [2.05, 4.69) is 30.8 Å². The molecule has 1 aromatic rings. The van der Waals surface area contributed by atoms with Crippen molar-refractivity contribution in [2.75, 3.05) is 31.1 Å². The average molecular weight is 325 g/mol. The number of amides is 1. The molecule has 0 aliphatic carbocycles. The summed E-state index contributed by atoms with van der Waals surface area (Å²) in [5.41, 5.74) is 1.03. The molecular weight excluding hydrogens is 308 g/mol. The van der Waals surface area contributed by atoms with Crippen molar-refractivity contribution < 1.29 is 4.79 Å². The Morgan fingerprint density at radius 2 is 1.79 bits per heavy atom. The van der Waals surface area contributed by atoms with Crippen LogP contribution in [0.4, 0.5) is 5.95 Å². The first-order chi connectivity index (χ1) is 9.06. The van der Waals surface area contributed by atoms with Crippen molar-refractivity contribution in [3.63, 3.8) is 0 Å². The van der Waals surface area contributed by atoms with Gasteiger partial charge in [0, 0.05) is 44.6 Å². The first-order valence-corrected chi connectivity index (χ1v) is 7.02. The van der Waals surface area contributed by atoms with Gasteiger partial charge in [0.25, 0.3) is 0 Å². The lowest BCUT2D eigenvalue weighted by atomic mass is 10.2. The number of rotatable bonds is 2. The van der Waals surface area contributed by atoms with Gasteiger partial charge in [0.15, 0.2) is 0 Å². The summed E-state index contributed by atoms with van der Waals surface area (Å²) in [4.78, 5) is 24.4. The minimum absolute atomic E-state index is 0.0939. The van der Waals surface area contributed by atoms with Gasteiger partial charge in [-0.15, -0.1) is 0 Å². The van der Waals surface area contributed by atoms with Gasteiger partial charge in [-0.3, -0.25) is 4.79 Å². The summed E-state index contributed by atoms with van der Waals surface area (Å²) in [6.07, 6.45) is 5.16. The predicted molar refractivity (Wildman–Crippen MR) is 78.0 cm³/mol. The highest BCUT2D eigenvalue weighted by Crippen LogP contribution is 2.13. The lowest BCUT2D eigenvalue weighted by Gasteiger charge is -2.34. The van der Waals surface area contributed by atoms with Gasteiger partial charge in [-0.1, -0.05) is 5.57 Å². The van der Waals surface area contributed by atoms with Crippen LogP contribution in [0.2, 0.25) is 0 Å². The summed E-state index contributed by atoms with van der Waals surface area (Å²) in [5, 5.41) is 0. The van der Waals surface area contributed by atoms with Gasteiger partial charge >= 0.3 is 0 Å². The third kappa shape index (κ3) is 3.76. The van der Waals surface area contributed by atoms with E-state index in [1.165, 1.54) is 0 Å². The van der Waals surface area contributed by atoms with E-state index in [1.54, 1.807) is 18.5 Å². The Bertz CT molecular complexity index is 474. The van der Waals surface area contributed by atoms with E-state index in [0.717, 1.165) is 29.1 Å². The van der Waals surface area contributed by atoms with Crippen molar-refractivity contribution in [1.29, 1.82) is 0 Å². The van der Waals surface area contributed by atoms with Gasteiger partial charge in [-0.05, 0) is 29.8 Å². The summed E-state index contributed by atoms with van der Waals surface area (Å²) in [7, 11) is 0. The molecule has 19 heavy (non-hydrogen) atoms. The molecule has 1 amide bonds. The SMILES string of the molecule is CC(C)=CC(=O)N1CCN(c2ncc(Br)cn2)CC1. The minimum atomic E-state index is 0.0939. The van der Waals surface area contributed by atoms with Crippen LogP contribution >= 0.6 is 15.9 Å². The molecule has 0 saturated carbocycles. The Morgan fingerprint density at radius 1 is 1.21 bits per heavy atom. The fourth-order valence-electron chi connectivity index (χ4n) is 1.93. The second kappa shape index (κ2) is 6.14.